The van der Waals surface area contributed by atoms with Crippen molar-refractivity contribution in [2.24, 2.45) is 5.92 Å². The van der Waals surface area contributed by atoms with Gasteiger partial charge in [-0.15, -0.1) is 0 Å². The summed E-state index contributed by atoms with van der Waals surface area (Å²) in [7, 11) is 0. The van der Waals surface area contributed by atoms with Gasteiger partial charge in [0.2, 0.25) is 0 Å². The Morgan fingerprint density at radius 2 is 2.29 bits per heavy atom. The molecule has 21 heavy (non-hydrogen) atoms. The van der Waals surface area contributed by atoms with Crippen molar-refractivity contribution in [3.05, 3.63) is 24.2 Å². The second-order valence-electron chi connectivity index (χ2n) is 6.02. The van der Waals surface area contributed by atoms with Gasteiger partial charge in [0.1, 0.15) is 12.1 Å². The third kappa shape index (κ3) is 2.99. The molecule has 6 heteroatoms. The molecule has 0 aromatic carbocycles. The van der Waals surface area contributed by atoms with Gasteiger partial charge in [-0.1, -0.05) is 13.8 Å². The van der Waals surface area contributed by atoms with Crippen LogP contribution in [-0.2, 0) is 4.79 Å². The fourth-order valence-corrected chi connectivity index (χ4v) is 2.45. The summed E-state index contributed by atoms with van der Waals surface area (Å²) < 4.78 is 1.79. The van der Waals surface area contributed by atoms with Gasteiger partial charge in [-0.05, 0) is 30.7 Å². The molecule has 0 aliphatic heterocycles. The molecule has 3 rings (SSSR count). The van der Waals surface area contributed by atoms with E-state index in [1.54, 1.807) is 16.9 Å². The van der Waals surface area contributed by atoms with Gasteiger partial charge in [0.05, 0.1) is 5.69 Å². The summed E-state index contributed by atoms with van der Waals surface area (Å²) in [4.78, 5) is 17.4. The molecule has 0 saturated heterocycles. The first kappa shape index (κ1) is 13.9. The van der Waals surface area contributed by atoms with E-state index in [9.17, 15) is 4.79 Å². The molecule has 0 radical (unpaired) electrons. The van der Waals surface area contributed by atoms with Crippen LogP contribution in [0.3, 0.4) is 0 Å². The number of hydrogen-bond acceptors (Lipinski definition) is 4. The SMILES string of the molecule is CC(C)c1cc2c(N(CC(=O)O)CC3CC3)nccn2n1. The molecule has 0 bridgehead atoms. The average molecular weight is 288 g/mol. The summed E-state index contributed by atoms with van der Waals surface area (Å²) in [5.41, 5.74) is 1.87. The van der Waals surface area contributed by atoms with E-state index in [-0.39, 0.29) is 6.54 Å². The number of rotatable bonds is 6. The van der Waals surface area contributed by atoms with Crippen molar-refractivity contribution >= 4 is 17.3 Å². The third-order valence-electron chi connectivity index (χ3n) is 3.78. The summed E-state index contributed by atoms with van der Waals surface area (Å²) in [6.45, 7) is 4.91. The maximum atomic E-state index is 11.1. The predicted octanol–water partition coefficient (Wildman–Crippen LogP) is 2.15. The Hall–Kier alpha value is -2.11. The van der Waals surface area contributed by atoms with Crippen LogP contribution in [0, 0.1) is 5.92 Å². The molecular weight excluding hydrogens is 268 g/mol. The minimum absolute atomic E-state index is 0.0225. The van der Waals surface area contributed by atoms with Crippen molar-refractivity contribution in [2.45, 2.75) is 32.6 Å². The van der Waals surface area contributed by atoms with Gasteiger partial charge in [0.25, 0.3) is 0 Å². The van der Waals surface area contributed by atoms with E-state index in [0.717, 1.165) is 17.8 Å². The largest absolute Gasteiger partial charge is 0.480 e. The monoisotopic (exact) mass is 288 g/mol. The van der Waals surface area contributed by atoms with Gasteiger partial charge in [0.15, 0.2) is 5.82 Å². The van der Waals surface area contributed by atoms with Crippen LogP contribution in [0.25, 0.3) is 5.52 Å². The Balaban J connectivity index is 2.00. The van der Waals surface area contributed by atoms with E-state index in [4.69, 9.17) is 5.11 Å². The lowest BCUT2D eigenvalue weighted by molar-refractivity contribution is -0.135. The molecule has 2 aromatic rings. The first-order valence-corrected chi connectivity index (χ1v) is 7.35. The predicted molar refractivity (Wildman–Crippen MR) is 79.6 cm³/mol. The Bertz CT molecular complexity index is 661. The van der Waals surface area contributed by atoms with Gasteiger partial charge in [0, 0.05) is 18.9 Å². The molecule has 0 spiro atoms. The third-order valence-corrected chi connectivity index (χ3v) is 3.78. The van der Waals surface area contributed by atoms with Crippen molar-refractivity contribution in [1.29, 1.82) is 0 Å². The molecule has 1 fully saturated rings. The molecular formula is C15H20N4O2. The van der Waals surface area contributed by atoms with Crippen LogP contribution in [0.2, 0.25) is 0 Å². The van der Waals surface area contributed by atoms with Crippen molar-refractivity contribution < 1.29 is 9.90 Å². The van der Waals surface area contributed by atoms with Gasteiger partial charge < -0.3 is 10.0 Å². The zero-order valence-corrected chi connectivity index (χ0v) is 12.4. The van der Waals surface area contributed by atoms with Gasteiger partial charge in [-0.2, -0.15) is 5.10 Å². The highest BCUT2D eigenvalue weighted by atomic mass is 16.4. The van der Waals surface area contributed by atoms with E-state index in [0.29, 0.717) is 17.7 Å². The topological polar surface area (TPSA) is 70.7 Å². The first-order valence-electron chi connectivity index (χ1n) is 7.35. The number of fused-ring (bicyclic) bond motifs is 1. The summed E-state index contributed by atoms with van der Waals surface area (Å²) in [5, 5.41) is 13.7. The van der Waals surface area contributed by atoms with Crippen molar-refractivity contribution in [2.75, 3.05) is 18.0 Å². The van der Waals surface area contributed by atoms with Gasteiger partial charge >= 0.3 is 5.97 Å². The molecule has 0 amide bonds. The highest BCUT2D eigenvalue weighted by Crippen LogP contribution is 2.32. The molecule has 6 nitrogen and oxygen atoms in total. The molecule has 112 valence electrons. The van der Waals surface area contributed by atoms with Gasteiger partial charge in [-0.3, -0.25) is 4.79 Å². The molecule has 1 saturated carbocycles. The van der Waals surface area contributed by atoms with E-state index in [1.165, 1.54) is 12.8 Å². The second kappa shape index (κ2) is 5.35. The Labute approximate surface area is 123 Å². The van der Waals surface area contributed by atoms with Crippen molar-refractivity contribution in [3.63, 3.8) is 0 Å². The number of hydrogen-bond donors (Lipinski definition) is 1. The lowest BCUT2D eigenvalue weighted by Gasteiger charge is -2.22. The van der Waals surface area contributed by atoms with Crippen LogP contribution < -0.4 is 4.90 Å². The van der Waals surface area contributed by atoms with E-state index in [2.05, 4.69) is 23.9 Å². The Kier molecular flexibility index (Phi) is 3.53. The Morgan fingerprint density at radius 3 is 2.90 bits per heavy atom. The fraction of sp³-hybridized carbons (Fsp3) is 0.533. The molecule has 1 aliphatic rings. The number of anilines is 1. The standard InChI is InChI=1S/C15H20N4O2/c1-10(2)12-7-13-15(16-5-6-19(13)17-12)18(9-14(20)21)8-11-3-4-11/h5-7,10-11H,3-4,8-9H2,1-2H3,(H,20,21). The number of nitrogens with zero attached hydrogens (tertiary/aromatic N) is 4. The number of aromatic nitrogens is 3. The molecule has 0 atom stereocenters. The minimum atomic E-state index is -0.831. The van der Waals surface area contributed by atoms with Crippen LogP contribution in [-0.4, -0.2) is 38.8 Å². The van der Waals surface area contributed by atoms with Crippen molar-refractivity contribution in [1.82, 2.24) is 14.6 Å². The smallest absolute Gasteiger partial charge is 0.323 e. The van der Waals surface area contributed by atoms with Gasteiger partial charge in [-0.25, -0.2) is 9.50 Å². The summed E-state index contributed by atoms with van der Waals surface area (Å²) in [6, 6.07) is 2.01. The fourth-order valence-electron chi connectivity index (χ4n) is 2.45. The molecule has 1 N–H and O–H groups in total. The van der Waals surface area contributed by atoms with E-state index >= 15 is 0 Å². The van der Waals surface area contributed by atoms with E-state index < -0.39 is 5.97 Å². The highest BCUT2D eigenvalue weighted by Gasteiger charge is 2.27. The zero-order valence-electron chi connectivity index (χ0n) is 12.4. The van der Waals surface area contributed by atoms with Crippen LogP contribution in [0.15, 0.2) is 18.5 Å². The Morgan fingerprint density at radius 1 is 1.52 bits per heavy atom. The van der Waals surface area contributed by atoms with Crippen LogP contribution >= 0.6 is 0 Å². The first-order chi connectivity index (χ1) is 10.0. The normalized spacial score (nSPS) is 14.8. The summed E-state index contributed by atoms with van der Waals surface area (Å²) in [6.07, 6.45) is 5.84. The van der Waals surface area contributed by atoms with Crippen molar-refractivity contribution in [3.8, 4) is 0 Å². The second-order valence-corrected chi connectivity index (χ2v) is 6.02. The summed E-state index contributed by atoms with van der Waals surface area (Å²) >= 11 is 0. The molecule has 2 aromatic heterocycles. The van der Waals surface area contributed by atoms with Crippen LogP contribution in [0.5, 0.6) is 0 Å². The minimum Gasteiger partial charge on any atom is -0.480 e. The maximum Gasteiger partial charge on any atom is 0.323 e. The number of carboxylic acids is 1. The maximum absolute atomic E-state index is 11.1. The zero-order chi connectivity index (χ0) is 15.0. The van der Waals surface area contributed by atoms with E-state index in [1.807, 2.05) is 11.0 Å². The lowest BCUT2D eigenvalue weighted by Crippen LogP contribution is -2.32. The molecule has 1 aliphatic carbocycles. The molecule has 2 heterocycles. The average Bonchev–Trinajstić information content (AvgIpc) is 3.12. The quantitative estimate of drug-likeness (QED) is 0.882. The van der Waals surface area contributed by atoms with Crippen LogP contribution in [0.4, 0.5) is 5.82 Å². The summed E-state index contributed by atoms with van der Waals surface area (Å²) in [5.74, 6) is 0.808. The number of aliphatic carboxylic acids is 1. The van der Waals surface area contributed by atoms with Crippen LogP contribution in [0.1, 0.15) is 38.3 Å². The lowest BCUT2D eigenvalue weighted by atomic mass is 10.1. The highest BCUT2D eigenvalue weighted by molar-refractivity contribution is 5.77. The molecule has 0 unspecified atom stereocenters. The number of carboxylic acid groups (broad SMARTS) is 1. The number of carbonyl (C=O) groups is 1.